The average Bonchev–Trinajstić information content (AvgIpc) is 2.32. The summed E-state index contributed by atoms with van der Waals surface area (Å²) in [6.45, 7) is 1.93. The topological polar surface area (TPSA) is 66.0 Å². The lowest BCUT2D eigenvalue weighted by Gasteiger charge is -2.05. The first-order chi connectivity index (χ1) is 8.11. The first-order valence-electron chi connectivity index (χ1n) is 5.20. The van der Waals surface area contributed by atoms with Gasteiger partial charge in [0, 0.05) is 5.56 Å². The third-order valence-electron chi connectivity index (χ3n) is 2.39. The molecular weight excluding hydrogens is 284 g/mol. The molecule has 2 N–H and O–H groups in total. The maximum absolute atomic E-state index is 11.7. The zero-order valence-corrected chi connectivity index (χ0v) is 10.8. The Hall–Kier alpha value is -1.62. The van der Waals surface area contributed by atoms with Gasteiger partial charge in [-0.15, -0.1) is 0 Å². The fourth-order valence-electron chi connectivity index (χ4n) is 1.53. The lowest BCUT2D eigenvalue weighted by Crippen LogP contribution is -2.13. The van der Waals surface area contributed by atoms with Gasteiger partial charge >= 0.3 is 0 Å². The molecule has 88 valence electrons. The van der Waals surface area contributed by atoms with Crippen LogP contribution in [-0.4, -0.2) is 15.1 Å². The standard InChI is InChI=1S/C12H11BrN2O2/c1-2-9-10(13)12(17)15-11(14-9)7-4-3-5-8(16)6-7/h3-6,16H,2H2,1H3,(H,14,15,17). The molecule has 0 aliphatic carbocycles. The van der Waals surface area contributed by atoms with Crippen molar-refractivity contribution in [3.8, 4) is 17.1 Å². The largest absolute Gasteiger partial charge is 0.508 e. The Labute approximate surface area is 106 Å². The van der Waals surface area contributed by atoms with Crippen LogP contribution in [0.1, 0.15) is 12.6 Å². The fourth-order valence-corrected chi connectivity index (χ4v) is 2.00. The number of hydrogen-bond donors (Lipinski definition) is 2. The highest BCUT2D eigenvalue weighted by Gasteiger charge is 2.09. The second kappa shape index (κ2) is 4.71. The van der Waals surface area contributed by atoms with Gasteiger partial charge in [0.2, 0.25) is 0 Å². The number of aromatic amines is 1. The Morgan fingerprint density at radius 2 is 2.24 bits per heavy atom. The summed E-state index contributed by atoms with van der Waals surface area (Å²) in [6, 6.07) is 6.62. The van der Waals surface area contributed by atoms with Crippen molar-refractivity contribution in [2.75, 3.05) is 0 Å². The van der Waals surface area contributed by atoms with E-state index in [-0.39, 0.29) is 11.3 Å². The van der Waals surface area contributed by atoms with E-state index < -0.39 is 0 Å². The molecule has 0 fully saturated rings. The molecule has 0 atom stereocenters. The molecule has 0 aliphatic heterocycles. The number of benzene rings is 1. The number of aromatic hydroxyl groups is 1. The van der Waals surface area contributed by atoms with Crippen LogP contribution in [0.2, 0.25) is 0 Å². The minimum atomic E-state index is -0.213. The van der Waals surface area contributed by atoms with E-state index in [2.05, 4.69) is 25.9 Å². The molecule has 0 bridgehead atoms. The smallest absolute Gasteiger partial charge is 0.265 e. The molecule has 0 saturated carbocycles. The van der Waals surface area contributed by atoms with Crippen molar-refractivity contribution < 1.29 is 5.11 Å². The quantitative estimate of drug-likeness (QED) is 0.894. The van der Waals surface area contributed by atoms with Crippen molar-refractivity contribution in [3.05, 3.63) is 44.8 Å². The van der Waals surface area contributed by atoms with Crippen LogP contribution < -0.4 is 5.56 Å². The van der Waals surface area contributed by atoms with Gasteiger partial charge in [-0.2, -0.15) is 0 Å². The maximum Gasteiger partial charge on any atom is 0.265 e. The predicted octanol–water partition coefficient (Wildman–Crippen LogP) is 2.47. The molecular formula is C12H11BrN2O2. The molecule has 0 radical (unpaired) electrons. The van der Waals surface area contributed by atoms with Crippen LogP contribution in [0.25, 0.3) is 11.4 Å². The second-order valence-electron chi connectivity index (χ2n) is 3.58. The van der Waals surface area contributed by atoms with Crippen molar-refractivity contribution in [1.82, 2.24) is 9.97 Å². The van der Waals surface area contributed by atoms with Crippen LogP contribution >= 0.6 is 15.9 Å². The zero-order valence-electron chi connectivity index (χ0n) is 9.20. The number of phenolic OH excluding ortho intramolecular Hbond substituents is 1. The second-order valence-corrected chi connectivity index (χ2v) is 4.37. The number of nitrogens with one attached hydrogen (secondary N) is 1. The van der Waals surface area contributed by atoms with Crippen molar-refractivity contribution in [2.24, 2.45) is 0 Å². The number of rotatable bonds is 2. The summed E-state index contributed by atoms with van der Waals surface area (Å²) in [6.07, 6.45) is 0.663. The van der Waals surface area contributed by atoms with Gasteiger partial charge in [-0.1, -0.05) is 19.1 Å². The lowest BCUT2D eigenvalue weighted by molar-refractivity contribution is 0.475. The summed E-state index contributed by atoms with van der Waals surface area (Å²) in [5.74, 6) is 0.608. The Balaban J connectivity index is 2.61. The van der Waals surface area contributed by atoms with Crippen LogP contribution in [0.5, 0.6) is 5.75 Å². The molecule has 4 nitrogen and oxygen atoms in total. The van der Waals surface area contributed by atoms with E-state index in [1.165, 1.54) is 0 Å². The third kappa shape index (κ3) is 2.39. The molecule has 2 rings (SSSR count). The Morgan fingerprint density at radius 3 is 2.88 bits per heavy atom. The van der Waals surface area contributed by atoms with Gasteiger partial charge in [0.1, 0.15) is 16.0 Å². The van der Waals surface area contributed by atoms with Crippen LogP contribution in [0, 0.1) is 0 Å². The van der Waals surface area contributed by atoms with Gasteiger partial charge in [0.15, 0.2) is 0 Å². The zero-order chi connectivity index (χ0) is 12.4. The SMILES string of the molecule is CCc1nc(-c2cccc(O)c2)[nH]c(=O)c1Br. The molecule has 1 aromatic heterocycles. The molecule has 0 spiro atoms. The summed E-state index contributed by atoms with van der Waals surface area (Å²) in [5.41, 5.74) is 1.17. The summed E-state index contributed by atoms with van der Waals surface area (Å²) < 4.78 is 0.462. The molecule has 1 aromatic carbocycles. The van der Waals surface area contributed by atoms with Gasteiger partial charge in [-0.05, 0) is 34.5 Å². The number of hydrogen-bond acceptors (Lipinski definition) is 3. The van der Waals surface area contributed by atoms with E-state index in [4.69, 9.17) is 0 Å². The monoisotopic (exact) mass is 294 g/mol. The molecule has 17 heavy (non-hydrogen) atoms. The van der Waals surface area contributed by atoms with Gasteiger partial charge in [0.05, 0.1) is 5.69 Å². The molecule has 5 heteroatoms. The Bertz CT molecular complexity index is 608. The minimum absolute atomic E-state index is 0.145. The first kappa shape index (κ1) is 11.9. The van der Waals surface area contributed by atoms with E-state index in [1.807, 2.05) is 6.92 Å². The van der Waals surface area contributed by atoms with Crippen molar-refractivity contribution in [2.45, 2.75) is 13.3 Å². The molecule has 0 amide bonds. The summed E-state index contributed by atoms with van der Waals surface area (Å²) in [5, 5.41) is 9.40. The third-order valence-corrected chi connectivity index (χ3v) is 3.20. The van der Waals surface area contributed by atoms with E-state index in [1.54, 1.807) is 24.3 Å². The first-order valence-corrected chi connectivity index (χ1v) is 5.99. The van der Waals surface area contributed by atoms with Crippen molar-refractivity contribution in [3.63, 3.8) is 0 Å². The number of nitrogens with zero attached hydrogens (tertiary/aromatic N) is 1. The molecule has 0 unspecified atom stereocenters. The number of phenols is 1. The molecule has 1 heterocycles. The van der Waals surface area contributed by atoms with Crippen molar-refractivity contribution >= 4 is 15.9 Å². The molecule has 0 aliphatic rings. The highest BCUT2D eigenvalue weighted by molar-refractivity contribution is 9.10. The number of aromatic nitrogens is 2. The summed E-state index contributed by atoms with van der Waals surface area (Å²) in [7, 11) is 0. The lowest BCUT2D eigenvalue weighted by atomic mass is 10.2. The Morgan fingerprint density at radius 1 is 1.47 bits per heavy atom. The maximum atomic E-state index is 11.7. The van der Waals surface area contributed by atoms with Crippen LogP contribution in [0.15, 0.2) is 33.5 Å². The highest BCUT2D eigenvalue weighted by Crippen LogP contribution is 2.20. The van der Waals surface area contributed by atoms with Gasteiger partial charge < -0.3 is 10.1 Å². The van der Waals surface area contributed by atoms with E-state index in [0.717, 1.165) is 0 Å². The van der Waals surface area contributed by atoms with Crippen LogP contribution in [0.4, 0.5) is 0 Å². The number of H-pyrrole nitrogens is 1. The minimum Gasteiger partial charge on any atom is -0.508 e. The predicted molar refractivity (Wildman–Crippen MR) is 69.0 cm³/mol. The Kier molecular flexibility index (Phi) is 3.28. The van der Waals surface area contributed by atoms with Gasteiger partial charge in [0.25, 0.3) is 5.56 Å². The van der Waals surface area contributed by atoms with Crippen LogP contribution in [-0.2, 0) is 6.42 Å². The van der Waals surface area contributed by atoms with Crippen LogP contribution in [0.3, 0.4) is 0 Å². The fraction of sp³-hybridized carbons (Fsp3) is 0.167. The van der Waals surface area contributed by atoms with E-state index >= 15 is 0 Å². The number of aryl methyl sites for hydroxylation is 1. The highest BCUT2D eigenvalue weighted by atomic mass is 79.9. The number of halogens is 1. The molecule has 2 aromatic rings. The van der Waals surface area contributed by atoms with E-state index in [9.17, 15) is 9.90 Å². The summed E-state index contributed by atoms with van der Waals surface area (Å²) >= 11 is 3.21. The van der Waals surface area contributed by atoms with E-state index in [0.29, 0.717) is 28.0 Å². The molecule has 0 saturated heterocycles. The van der Waals surface area contributed by atoms with Crippen molar-refractivity contribution in [1.29, 1.82) is 0 Å². The average molecular weight is 295 g/mol. The normalized spacial score (nSPS) is 10.5. The van der Waals surface area contributed by atoms with Gasteiger partial charge in [-0.3, -0.25) is 4.79 Å². The summed E-state index contributed by atoms with van der Waals surface area (Å²) in [4.78, 5) is 18.7. The van der Waals surface area contributed by atoms with Gasteiger partial charge in [-0.25, -0.2) is 4.98 Å².